The number of carbonyl (C=O) groups excluding carboxylic acids is 1. The molecule has 0 aromatic carbocycles. The Morgan fingerprint density at radius 1 is 1.90 bits per heavy atom. The summed E-state index contributed by atoms with van der Waals surface area (Å²) in [6.07, 6.45) is 0. The van der Waals surface area contributed by atoms with Crippen molar-refractivity contribution in [2.24, 2.45) is 0 Å². The van der Waals surface area contributed by atoms with Crippen molar-refractivity contribution < 1.29 is 14.6 Å². The number of hydrogen-bond donors (Lipinski definition) is 1. The molecule has 3 nitrogen and oxygen atoms in total. The summed E-state index contributed by atoms with van der Waals surface area (Å²) in [6.45, 7) is 0. The number of hydrogen-bond acceptors (Lipinski definition) is 4. The third-order valence-corrected chi connectivity index (χ3v) is 1.61. The predicted molar refractivity (Wildman–Crippen MR) is 36.2 cm³/mol. The minimum Gasteiger partial charge on any atom is -0.499 e. The van der Waals surface area contributed by atoms with Gasteiger partial charge < -0.3 is 9.84 Å². The second-order valence-electron chi connectivity index (χ2n) is 1.57. The molecule has 0 atom stereocenters. The molecule has 0 aliphatic heterocycles. The molecule has 0 saturated carbocycles. The molecule has 0 aliphatic carbocycles. The molecule has 0 unspecified atom stereocenters. The first-order valence-electron chi connectivity index (χ1n) is 2.52. The number of ether oxygens (including phenoxy) is 1. The van der Waals surface area contributed by atoms with Crippen molar-refractivity contribution in [2.45, 2.75) is 0 Å². The minimum atomic E-state index is -0.475. The highest BCUT2D eigenvalue weighted by Gasteiger charge is 2.07. The van der Waals surface area contributed by atoms with E-state index >= 15 is 0 Å². The Balaban J connectivity index is 2.85. The Morgan fingerprint density at radius 3 is 3.00 bits per heavy atom. The average Bonchev–Trinajstić information content (AvgIpc) is 2.34. The Labute approximate surface area is 61.9 Å². The fourth-order valence-electron chi connectivity index (χ4n) is 0.498. The van der Waals surface area contributed by atoms with Gasteiger partial charge in [0.15, 0.2) is 5.06 Å². The van der Waals surface area contributed by atoms with Crippen LogP contribution in [-0.2, 0) is 4.74 Å². The lowest BCUT2D eigenvalue weighted by molar-refractivity contribution is 0.0600. The summed E-state index contributed by atoms with van der Waals surface area (Å²) in [5.74, 6) is -0.475. The van der Waals surface area contributed by atoms with Crippen LogP contribution < -0.4 is 0 Å². The molecule has 0 aliphatic rings. The summed E-state index contributed by atoms with van der Waals surface area (Å²) >= 11 is 1.05. The van der Waals surface area contributed by atoms with Gasteiger partial charge in [0, 0.05) is 5.38 Å². The molecule has 0 amide bonds. The Morgan fingerprint density at radius 2 is 2.60 bits per heavy atom. The molecule has 0 spiro atoms. The maximum absolute atomic E-state index is 10.7. The van der Waals surface area contributed by atoms with Crippen molar-refractivity contribution in [1.29, 1.82) is 0 Å². The highest BCUT2D eigenvalue weighted by molar-refractivity contribution is 7.12. The molecule has 0 saturated heterocycles. The smallest absolute Gasteiger partial charge is 0.339 e. The van der Waals surface area contributed by atoms with Crippen LogP contribution in [0.3, 0.4) is 0 Å². The Bertz CT molecular complexity index is 241. The number of rotatable bonds is 1. The minimum absolute atomic E-state index is 0.000370. The van der Waals surface area contributed by atoms with Gasteiger partial charge in [-0.1, -0.05) is 0 Å². The second kappa shape index (κ2) is 2.70. The van der Waals surface area contributed by atoms with Gasteiger partial charge in [-0.05, 0) is 0 Å². The highest BCUT2D eigenvalue weighted by atomic mass is 32.1. The first-order valence-corrected chi connectivity index (χ1v) is 3.40. The van der Waals surface area contributed by atoms with Gasteiger partial charge >= 0.3 is 5.97 Å². The summed E-state index contributed by atoms with van der Waals surface area (Å²) in [7, 11) is 1.28. The van der Waals surface area contributed by atoms with E-state index in [0.29, 0.717) is 0 Å². The van der Waals surface area contributed by atoms with Crippen LogP contribution in [0.2, 0.25) is 0 Å². The first kappa shape index (κ1) is 7.08. The van der Waals surface area contributed by atoms with Gasteiger partial charge in [0.1, 0.15) is 0 Å². The molecule has 53 valence electrons. The number of aromatic hydroxyl groups is 1. The van der Waals surface area contributed by atoms with Crippen LogP contribution in [-0.4, -0.2) is 18.2 Å². The van der Waals surface area contributed by atoms with E-state index in [1.807, 2.05) is 0 Å². The summed E-state index contributed by atoms with van der Waals surface area (Å²) in [5.41, 5.74) is 0.269. The van der Waals surface area contributed by atoms with Crippen LogP contribution in [0, 0.1) is 6.07 Å². The van der Waals surface area contributed by atoms with Crippen LogP contribution in [0.5, 0.6) is 5.06 Å². The molecular formula is C6H5O3S. The summed E-state index contributed by atoms with van der Waals surface area (Å²) in [5, 5.41) is 10.2. The Hall–Kier alpha value is -1.03. The number of methoxy groups -OCH3 is 1. The van der Waals surface area contributed by atoms with Crippen LogP contribution in [0.25, 0.3) is 0 Å². The first-order chi connectivity index (χ1) is 4.74. The lowest BCUT2D eigenvalue weighted by Crippen LogP contribution is -1.98. The fourth-order valence-corrected chi connectivity index (χ4v) is 1.05. The third kappa shape index (κ3) is 1.27. The zero-order valence-electron chi connectivity index (χ0n) is 5.25. The molecule has 1 rings (SSSR count). The van der Waals surface area contributed by atoms with E-state index in [4.69, 9.17) is 5.11 Å². The zero-order chi connectivity index (χ0) is 7.56. The number of esters is 1. The van der Waals surface area contributed by atoms with E-state index in [0.717, 1.165) is 11.3 Å². The van der Waals surface area contributed by atoms with Crippen molar-refractivity contribution in [3.8, 4) is 5.06 Å². The van der Waals surface area contributed by atoms with Crippen molar-refractivity contribution in [2.75, 3.05) is 7.11 Å². The monoisotopic (exact) mass is 157 g/mol. The molecule has 1 N–H and O–H groups in total. The number of carbonyl (C=O) groups is 1. The van der Waals surface area contributed by atoms with E-state index in [1.54, 1.807) is 0 Å². The maximum atomic E-state index is 10.7. The molecule has 1 aromatic heterocycles. The van der Waals surface area contributed by atoms with Crippen molar-refractivity contribution in [3.05, 3.63) is 17.0 Å². The van der Waals surface area contributed by atoms with Gasteiger partial charge in [-0.2, -0.15) is 0 Å². The molecule has 1 aromatic rings. The molecule has 1 radical (unpaired) electrons. The van der Waals surface area contributed by atoms with E-state index in [9.17, 15) is 4.79 Å². The topological polar surface area (TPSA) is 46.5 Å². The molecule has 4 heteroatoms. The van der Waals surface area contributed by atoms with Crippen LogP contribution in [0.15, 0.2) is 5.38 Å². The average molecular weight is 157 g/mol. The number of thiophene rings is 1. The largest absolute Gasteiger partial charge is 0.499 e. The summed E-state index contributed by atoms with van der Waals surface area (Å²) in [6, 6.07) is 2.43. The summed E-state index contributed by atoms with van der Waals surface area (Å²) in [4.78, 5) is 10.7. The second-order valence-corrected chi connectivity index (χ2v) is 2.43. The van der Waals surface area contributed by atoms with E-state index in [2.05, 4.69) is 10.8 Å². The lowest BCUT2D eigenvalue weighted by Gasteiger charge is -1.90. The Kier molecular flexibility index (Phi) is 1.91. The normalized spacial score (nSPS) is 9.30. The van der Waals surface area contributed by atoms with Crippen LogP contribution >= 0.6 is 11.3 Å². The van der Waals surface area contributed by atoms with E-state index in [1.165, 1.54) is 12.5 Å². The van der Waals surface area contributed by atoms with Crippen LogP contribution in [0.1, 0.15) is 10.4 Å². The van der Waals surface area contributed by atoms with Gasteiger partial charge in [0.25, 0.3) is 0 Å². The third-order valence-electron chi connectivity index (χ3n) is 0.935. The highest BCUT2D eigenvalue weighted by Crippen LogP contribution is 2.19. The molecule has 0 fully saturated rings. The van der Waals surface area contributed by atoms with Gasteiger partial charge in [0.2, 0.25) is 0 Å². The van der Waals surface area contributed by atoms with Gasteiger partial charge in [-0.15, -0.1) is 11.3 Å². The van der Waals surface area contributed by atoms with Gasteiger partial charge in [0.05, 0.1) is 18.7 Å². The lowest BCUT2D eigenvalue weighted by atomic mass is 10.3. The maximum Gasteiger partial charge on any atom is 0.339 e. The summed E-state index contributed by atoms with van der Waals surface area (Å²) < 4.78 is 4.37. The van der Waals surface area contributed by atoms with Crippen LogP contribution in [0.4, 0.5) is 0 Å². The fraction of sp³-hybridized carbons (Fsp3) is 0.167. The van der Waals surface area contributed by atoms with E-state index in [-0.39, 0.29) is 10.6 Å². The van der Waals surface area contributed by atoms with Gasteiger partial charge in [-0.3, -0.25) is 0 Å². The molecule has 10 heavy (non-hydrogen) atoms. The predicted octanol–water partition coefficient (Wildman–Crippen LogP) is 1.04. The van der Waals surface area contributed by atoms with Crippen molar-refractivity contribution in [3.63, 3.8) is 0 Å². The molecule has 0 bridgehead atoms. The van der Waals surface area contributed by atoms with Crippen molar-refractivity contribution >= 4 is 17.3 Å². The zero-order valence-corrected chi connectivity index (χ0v) is 6.07. The van der Waals surface area contributed by atoms with E-state index < -0.39 is 5.97 Å². The molecule has 1 heterocycles. The standard InChI is InChI=1S/C6H5O3S/c1-9-6(8)4-2-5(7)10-3-4/h3,7H,1H3. The quantitative estimate of drug-likeness (QED) is 0.619. The molecular weight excluding hydrogens is 152 g/mol. The van der Waals surface area contributed by atoms with Gasteiger partial charge in [-0.25, -0.2) is 4.79 Å². The van der Waals surface area contributed by atoms with Crippen molar-refractivity contribution in [1.82, 2.24) is 0 Å². The SMILES string of the molecule is COC(=O)c1[c]c(O)sc1.